The van der Waals surface area contributed by atoms with E-state index in [1.54, 1.807) is 0 Å². The second-order valence-electron chi connectivity index (χ2n) is 6.53. The van der Waals surface area contributed by atoms with Crippen molar-refractivity contribution >= 4 is 11.9 Å². The van der Waals surface area contributed by atoms with Gasteiger partial charge < -0.3 is 10.2 Å². The summed E-state index contributed by atoms with van der Waals surface area (Å²) in [5.74, 6) is -3.65. The van der Waals surface area contributed by atoms with E-state index in [0.717, 1.165) is 26.1 Å². The number of carbonyl (C=O) groups is 2. The number of benzene rings is 3. The Morgan fingerprint density at radius 2 is 0.931 bits per heavy atom. The lowest BCUT2D eigenvalue weighted by atomic mass is 10.1. The van der Waals surface area contributed by atoms with Gasteiger partial charge in [0.05, 0.1) is 0 Å². The summed E-state index contributed by atoms with van der Waals surface area (Å²) in [6.45, 7) is 3.04. The van der Waals surface area contributed by atoms with Crippen molar-refractivity contribution < 1.29 is 19.8 Å². The fourth-order valence-corrected chi connectivity index (χ4v) is 2.83. The number of nitrogens with zero attached hydrogens (tertiary/aromatic N) is 1. The first-order chi connectivity index (χ1) is 14.0. The van der Waals surface area contributed by atoms with E-state index in [9.17, 15) is 0 Å². The molecular weight excluding hydrogens is 366 g/mol. The molecule has 0 spiro atoms. The summed E-state index contributed by atoms with van der Waals surface area (Å²) in [5.41, 5.74) is 4.15. The molecule has 150 valence electrons. The van der Waals surface area contributed by atoms with Crippen LogP contribution in [0.1, 0.15) is 16.7 Å². The Hall–Kier alpha value is -3.44. The van der Waals surface area contributed by atoms with Gasteiger partial charge in [0.15, 0.2) is 0 Å². The molecule has 0 aliphatic carbocycles. The van der Waals surface area contributed by atoms with Crippen LogP contribution in [0.2, 0.25) is 0 Å². The van der Waals surface area contributed by atoms with Crippen LogP contribution in [-0.4, -0.2) is 33.6 Å². The molecule has 0 saturated carbocycles. The molecular formula is C24H25NO4. The first kappa shape index (κ1) is 21.9. The smallest absolute Gasteiger partial charge is 0.414 e. The highest BCUT2D eigenvalue weighted by molar-refractivity contribution is 6.27. The summed E-state index contributed by atoms with van der Waals surface area (Å²) in [6, 6.07) is 32.2. The third kappa shape index (κ3) is 8.86. The van der Waals surface area contributed by atoms with Gasteiger partial charge in [-0.15, -0.1) is 0 Å². The molecule has 29 heavy (non-hydrogen) atoms. The first-order valence-electron chi connectivity index (χ1n) is 9.35. The van der Waals surface area contributed by atoms with E-state index in [0.29, 0.717) is 0 Å². The van der Waals surface area contributed by atoms with Gasteiger partial charge in [0.1, 0.15) is 0 Å². The van der Waals surface area contributed by atoms with Crippen LogP contribution in [0.25, 0.3) is 0 Å². The van der Waals surface area contributed by atoms with Crippen molar-refractivity contribution in [1.29, 1.82) is 0 Å². The summed E-state index contributed by atoms with van der Waals surface area (Å²) in [7, 11) is 0. The van der Waals surface area contributed by atoms with E-state index < -0.39 is 11.9 Å². The Labute approximate surface area is 170 Å². The summed E-state index contributed by atoms with van der Waals surface area (Å²) in [5, 5.41) is 14.8. The van der Waals surface area contributed by atoms with E-state index in [2.05, 4.69) is 95.9 Å². The van der Waals surface area contributed by atoms with Gasteiger partial charge in [0.2, 0.25) is 0 Å². The maximum Gasteiger partial charge on any atom is 0.414 e. The Morgan fingerprint density at radius 1 is 0.586 bits per heavy atom. The van der Waals surface area contributed by atoms with Gasteiger partial charge in [-0.25, -0.2) is 9.59 Å². The van der Waals surface area contributed by atoms with E-state index in [1.165, 1.54) is 16.7 Å². The van der Waals surface area contributed by atoms with E-state index in [1.807, 2.05) is 0 Å². The van der Waals surface area contributed by atoms with Crippen molar-refractivity contribution in [2.45, 2.75) is 19.5 Å². The minimum atomic E-state index is -1.82. The van der Waals surface area contributed by atoms with Crippen LogP contribution in [0.3, 0.4) is 0 Å². The molecule has 3 aromatic carbocycles. The number of rotatable bonds is 7. The predicted octanol–water partition coefficient (Wildman–Crippen LogP) is 4.09. The molecule has 0 aliphatic rings. The lowest BCUT2D eigenvalue weighted by Crippen LogP contribution is -2.25. The molecule has 3 aromatic rings. The Kier molecular flexibility index (Phi) is 9.12. The fraction of sp³-hybridized carbons (Fsp3) is 0.167. The number of hydrogen-bond acceptors (Lipinski definition) is 3. The highest BCUT2D eigenvalue weighted by atomic mass is 16.4. The van der Waals surface area contributed by atoms with Crippen molar-refractivity contribution in [1.82, 2.24) is 4.90 Å². The first-order valence-corrected chi connectivity index (χ1v) is 9.35. The molecule has 0 radical (unpaired) electrons. The molecule has 0 aliphatic heterocycles. The summed E-state index contributed by atoms with van der Waals surface area (Å²) in [6.07, 6.45) is 1.08. The average Bonchev–Trinajstić information content (AvgIpc) is 2.75. The molecule has 3 rings (SSSR count). The lowest BCUT2D eigenvalue weighted by Gasteiger charge is -2.22. The van der Waals surface area contributed by atoms with E-state index in [4.69, 9.17) is 19.8 Å². The zero-order valence-corrected chi connectivity index (χ0v) is 16.1. The topological polar surface area (TPSA) is 77.8 Å². The Bertz CT molecular complexity index is 814. The van der Waals surface area contributed by atoms with Crippen molar-refractivity contribution in [2.75, 3.05) is 6.54 Å². The van der Waals surface area contributed by atoms with Gasteiger partial charge in [0.25, 0.3) is 0 Å². The van der Waals surface area contributed by atoms with Crippen LogP contribution in [0.5, 0.6) is 0 Å². The normalized spacial score (nSPS) is 10.1. The summed E-state index contributed by atoms with van der Waals surface area (Å²) in [4.78, 5) is 20.7. The van der Waals surface area contributed by atoms with Gasteiger partial charge in [-0.05, 0) is 23.1 Å². The van der Waals surface area contributed by atoms with Crippen LogP contribution in [0.4, 0.5) is 0 Å². The average molecular weight is 391 g/mol. The maximum absolute atomic E-state index is 9.10. The molecule has 5 nitrogen and oxygen atoms in total. The molecule has 0 aromatic heterocycles. The summed E-state index contributed by atoms with van der Waals surface area (Å²) >= 11 is 0. The van der Waals surface area contributed by atoms with Crippen molar-refractivity contribution in [3.63, 3.8) is 0 Å². The SMILES string of the molecule is O=C(O)C(=O)O.c1ccc(CCN(Cc2ccccc2)Cc2ccccc2)cc1. The number of carboxylic acid groups (broad SMARTS) is 2. The van der Waals surface area contributed by atoms with Gasteiger partial charge >= 0.3 is 11.9 Å². The Balaban J connectivity index is 0.000000438. The number of carboxylic acids is 2. The predicted molar refractivity (Wildman–Crippen MR) is 112 cm³/mol. The molecule has 5 heteroatoms. The quantitative estimate of drug-likeness (QED) is 0.593. The second-order valence-corrected chi connectivity index (χ2v) is 6.53. The Morgan fingerprint density at radius 3 is 1.28 bits per heavy atom. The lowest BCUT2D eigenvalue weighted by molar-refractivity contribution is -0.159. The molecule has 0 bridgehead atoms. The molecule has 0 fully saturated rings. The molecule has 0 unspecified atom stereocenters. The minimum absolute atomic E-state index is 0.989. The van der Waals surface area contributed by atoms with Crippen molar-refractivity contribution in [3.05, 3.63) is 108 Å². The maximum atomic E-state index is 9.10. The summed E-state index contributed by atoms with van der Waals surface area (Å²) < 4.78 is 0. The number of hydrogen-bond donors (Lipinski definition) is 2. The third-order valence-electron chi connectivity index (χ3n) is 4.24. The van der Waals surface area contributed by atoms with Crippen LogP contribution < -0.4 is 0 Å². The second kappa shape index (κ2) is 12.1. The third-order valence-corrected chi connectivity index (χ3v) is 4.24. The van der Waals surface area contributed by atoms with Crippen LogP contribution in [0, 0.1) is 0 Å². The van der Waals surface area contributed by atoms with Crippen LogP contribution >= 0.6 is 0 Å². The largest absolute Gasteiger partial charge is 0.473 e. The molecule has 0 atom stereocenters. The molecule has 0 heterocycles. The van der Waals surface area contributed by atoms with Crippen molar-refractivity contribution in [3.8, 4) is 0 Å². The molecule has 0 amide bonds. The highest BCUT2D eigenvalue weighted by Crippen LogP contribution is 2.11. The number of aliphatic carboxylic acids is 2. The highest BCUT2D eigenvalue weighted by Gasteiger charge is 2.07. The van der Waals surface area contributed by atoms with E-state index in [-0.39, 0.29) is 0 Å². The standard InChI is InChI=1S/C22H23N.C2H2O4/c1-4-10-20(11-5-1)16-17-23(18-21-12-6-2-7-13-21)19-22-14-8-3-9-15-22;3-1(4)2(5)6/h1-15H,16-19H2;(H,3,4)(H,5,6). The zero-order chi connectivity index (χ0) is 20.9. The van der Waals surface area contributed by atoms with Gasteiger partial charge in [-0.3, -0.25) is 4.90 Å². The van der Waals surface area contributed by atoms with Gasteiger partial charge in [-0.2, -0.15) is 0 Å². The minimum Gasteiger partial charge on any atom is -0.473 e. The van der Waals surface area contributed by atoms with Gasteiger partial charge in [-0.1, -0.05) is 91.0 Å². The molecule has 2 N–H and O–H groups in total. The van der Waals surface area contributed by atoms with Gasteiger partial charge in [0, 0.05) is 19.6 Å². The van der Waals surface area contributed by atoms with E-state index >= 15 is 0 Å². The monoisotopic (exact) mass is 391 g/mol. The molecule has 0 saturated heterocycles. The van der Waals surface area contributed by atoms with Crippen molar-refractivity contribution in [2.24, 2.45) is 0 Å². The zero-order valence-electron chi connectivity index (χ0n) is 16.1. The fourth-order valence-electron chi connectivity index (χ4n) is 2.83. The van der Waals surface area contributed by atoms with Crippen LogP contribution in [-0.2, 0) is 29.1 Å². The van der Waals surface area contributed by atoms with Crippen LogP contribution in [0.15, 0.2) is 91.0 Å².